The Balaban J connectivity index is 1.75. The molecule has 0 unspecified atom stereocenters. The Morgan fingerprint density at radius 1 is 1.10 bits per heavy atom. The summed E-state index contributed by atoms with van der Waals surface area (Å²) in [6.07, 6.45) is 0. The number of nitrogens with one attached hydrogen (secondary N) is 1. The molecule has 1 heterocycles. The largest absolute Gasteiger partial charge is 0.468 e. The molecule has 0 aliphatic rings. The van der Waals surface area contributed by atoms with Gasteiger partial charge in [-0.15, -0.1) is 10.2 Å². The minimum absolute atomic E-state index is 0.144. The van der Waals surface area contributed by atoms with Crippen LogP contribution in [0.5, 0.6) is 0 Å². The molecule has 0 radical (unpaired) electrons. The van der Waals surface area contributed by atoms with Crippen molar-refractivity contribution in [2.75, 3.05) is 18.2 Å². The van der Waals surface area contributed by atoms with Gasteiger partial charge in [0.2, 0.25) is 0 Å². The zero-order valence-corrected chi connectivity index (χ0v) is 17.3. The zero-order chi connectivity index (χ0) is 20.8. The van der Waals surface area contributed by atoms with Crippen LogP contribution >= 0.6 is 11.8 Å². The molecular weight excluding hydrogens is 388 g/mol. The van der Waals surface area contributed by atoms with Crippen molar-refractivity contribution in [2.45, 2.75) is 25.5 Å². The molecule has 29 heavy (non-hydrogen) atoms. The molecule has 1 amide bonds. The van der Waals surface area contributed by atoms with E-state index in [2.05, 4.69) is 20.3 Å². The first-order chi connectivity index (χ1) is 14.0. The molecule has 0 atom stereocenters. The predicted octanol–water partition coefficient (Wildman–Crippen LogP) is 3.79. The fourth-order valence-electron chi connectivity index (χ4n) is 2.81. The van der Waals surface area contributed by atoms with Crippen LogP contribution in [0, 0.1) is 6.92 Å². The monoisotopic (exact) mass is 410 g/mol. The van der Waals surface area contributed by atoms with E-state index in [-0.39, 0.29) is 17.6 Å². The van der Waals surface area contributed by atoms with Crippen molar-refractivity contribution in [1.29, 1.82) is 0 Å². The summed E-state index contributed by atoms with van der Waals surface area (Å²) in [6, 6.07) is 14.9. The molecule has 3 aromatic rings. The van der Waals surface area contributed by atoms with Crippen LogP contribution in [-0.4, -0.2) is 39.5 Å². The Morgan fingerprint density at radius 2 is 1.83 bits per heavy atom. The van der Waals surface area contributed by atoms with Gasteiger partial charge in [0.1, 0.15) is 0 Å². The Labute approximate surface area is 173 Å². The number of rotatable bonds is 7. The topological polar surface area (TPSA) is 86.1 Å². The molecule has 0 fully saturated rings. The number of aryl methyl sites for hydroxylation is 1. The molecule has 3 rings (SSSR count). The van der Waals surface area contributed by atoms with E-state index in [0.29, 0.717) is 28.8 Å². The van der Waals surface area contributed by atoms with Crippen LogP contribution in [0.15, 0.2) is 53.7 Å². The number of aromatic nitrogens is 3. The van der Waals surface area contributed by atoms with E-state index in [0.717, 1.165) is 11.1 Å². The molecule has 8 heteroatoms. The summed E-state index contributed by atoms with van der Waals surface area (Å²) in [5.74, 6) is 0.431. The number of anilines is 1. The third-order valence-electron chi connectivity index (χ3n) is 4.37. The van der Waals surface area contributed by atoms with Gasteiger partial charge >= 0.3 is 5.97 Å². The van der Waals surface area contributed by atoms with Crippen LogP contribution in [0.3, 0.4) is 0 Å². The third kappa shape index (κ3) is 4.83. The maximum atomic E-state index is 12.5. The van der Waals surface area contributed by atoms with Gasteiger partial charge < -0.3 is 14.6 Å². The number of amides is 1. The number of carbonyl (C=O) groups is 2. The number of esters is 1. The first kappa shape index (κ1) is 20.6. The van der Waals surface area contributed by atoms with E-state index < -0.39 is 0 Å². The number of carbonyl (C=O) groups excluding carboxylic acids is 2. The van der Waals surface area contributed by atoms with Crippen molar-refractivity contribution < 1.29 is 14.3 Å². The van der Waals surface area contributed by atoms with Crippen molar-refractivity contribution >= 4 is 29.3 Å². The van der Waals surface area contributed by atoms with Gasteiger partial charge in [-0.05, 0) is 49.7 Å². The molecule has 7 nitrogen and oxygen atoms in total. The Kier molecular flexibility index (Phi) is 6.66. The molecule has 0 saturated carbocycles. The average Bonchev–Trinajstić information content (AvgIpc) is 3.15. The number of benzene rings is 2. The van der Waals surface area contributed by atoms with Crippen LogP contribution in [0.4, 0.5) is 5.69 Å². The molecule has 1 aromatic heterocycles. The summed E-state index contributed by atoms with van der Waals surface area (Å²) in [6.45, 7) is 4.56. The third-order valence-corrected chi connectivity index (χ3v) is 5.31. The molecule has 0 aliphatic heterocycles. The highest BCUT2D eigenvalue weighted by molar-refractivity contribution is 7.99. The standard InChI is InChI=1S/C21H22N4O3S/c1-4-25-19(23-24-21(25)29-13-18(26)28-3)15-9-11-16(12-10-15)22-20(27)17-8-6-5-7-14(17)2/h5-12H,4,13H2,1-3H3,(H,22,27). The SMILES string of the molecule is CCn1c(SCC(=O)OC)nnc1-c1ccc(NC(=O)c2ccccc2C)cc1. The number of thioether (sulfide) groups is 1. The zero-order valence-electron chi connectivity index (χ0n) is 16.5. The van der Waals surface area contributed by atoms with Gasteiger partial charge in [0.05, 0.1) is 12.9 Å². The Bertz CT molecular complexity index is 1020. The van der Waals surface area contributed by atoms with Crippen molar-refractivity contribution in [3.8, 4) is 11.4 Å². The minimum Gasteiger partial charge on any atom is -0.468 e. The summed E-state index contributed by atoms with van der Waals surface area (Å²) in [5.41, 5.74) is 3.15. The summed E-state index contributed by atoms with van der Waals surface area (Å²) in [5, 5.41) is 12.0. The molecule has 1 N–H and O–H groups in total. The fourth-order valence-corrected chi connectivity index (χ4v) is 3.64. The summed E-state index contributed by atoms with van der Waals surface area (Å²) in [7, 11) is 1.36. The van der Waals surface area contributed by atoms with Gasteiger partial charge in [0.15, 0.2) is 11.0 Å². The molecule has 0 bridgehead atoms. The van der Waals surface area contributed by atoms with E-state index in [9.17, 15) is 9.59 Å². The normalized spacial score (nSPS) is 10.6. The summed E-state index contributed by atoms with van der Waals surface area (Å²) in [4.78, 5) is 23.8. The Morgan fingerprint density at radius 3 is 2.48 bits per heavy atom. The van der Waals surface area contributed by atoms with Crippen molar-refractivity contribution in [2.24, 2.45) is 0 Å². The lowest BCUT2D eigenvalue weighted by Gasteiger charge is -2.09. The molecule has 0 aliphatic carbocycles. The summed E-state index contributed by atoms with van der Waals surface area (Å²) < 4.78 is 6.61. The maximum absolute atomic E-state index is 12.5. The van der Waals surface area contributed by atoms with Crippen molar-refractivity contribution in [1.82, 2.24) is 14.8 Å². The number of hydrogen-bond donors (Lipinski definition) is 1. The van der Waals surface area contributed by atoms with Crippen molar-refractivity contribution in [3.05, 3.63) is 59.7 Å². The van der Waals surface area contributed by atoms with E-state index in [4.69, 9.17) is 0 Å². The van der Waals surface area contributed by atoms with Crippen LogP contribution < -0.4 is 5.32 Å². The maximum Gasteiger partial charge on any atom is 0.316 e. The van der Waals surface area contributed by atoms with E-state index in [1.807, 2.05) is 60.9 Å². The van der Waals surface area contributed by atoms with Crippen LogP contribution in [0.2, 0.25) is 0 Å². The van der Waals surface area contributed by atoms with Gasteiger partial charge in [-0.3, -0.25) is 9.59 Å². The minimum atomic E-state index is -0.309. The first-order valence-corrected chi connectivity index (χ1v) is 10.1. The number of hydrogen-bond acceptors (Lipinski definition) is 6. The molecule has 0 saturated heterocycles. The number of nitrogens with zero attached hydrogens (tertiary/aromatic N) is 3. The molecule has 150 valence electrons. The van der Waals surface area contributed by atoms with Gasteiger partial charge in [-0.2, -0.15) is 0 Å². The van der Waals surface area contributed by atoms with E-state index >= 15 is 0 Å². The van der Waals surface area contributed by atoms with Gasteiger partial charge in [-0.1, -0.05) is 30.0 Å². The highest BCUT2D eigenvalue weighted by Crippen LogP contribution is 2.25. The lowest BCUT2D eigenvalue weighted by atomic mass is 10.1. The van der Waals surface area contributed by atoms with Crippen molar-refractivity contribution in [3.63, 3.8) is 0 Å². The van der Waals surface area contributed by atoms with Gasteiger partial charge in [0.25, 0.3) is 5.91 Å². The molecular formula is C21H22N4O3S. The quantitative estimate of drug-likeness (QED) is 0.471. The van der Waals surface area contributed by atoms with E-state index in [1.165, 1.54) is 18.9 Å². The fraction of sp³-hybridized carbons (Fsp3) is 0.238. The second-order valence-corrected chi connectivity index (χ2v) is 7.20. The average molecular weight is 410 g/mol. The highest BCUT2D eigenvalue weighted by atomic mass is 32.2. The lowest BCUT2D eigenvalue weighted by molar-refractivity contribution is -0.137. The first-order valence-electron chi connectivity index (χ1n) is 9.13. The highest BCUT2D eigenvalue weighted by Gasteiger charge is 2.15. The van der Waals surface area contributed by atoms with E-state index in [1.54, 1.807) is 6.07 Å². The summed E-state index contributed by atoms with van der Waals surface area (Å²) >= 11 is 1.29. The second-order valence-electron chi connectivity index (χ2n) is 6.26. The van der Waals surface area contributed by atoms with Crippen LogP contribution in [0.1, 0.15) is 22.8 Å². The lowest BCUT2D eigenvalue weighted by Crippen LogP contribution is -2.13. The van der Waals surface area contributed by atoms with Crippen LogP contribution in [0.25, 0.3) is 11.4 Å². The van der Waals surface area contributed by atoms with Crippen LogP contribution in [-0.2, 0) is 16.1 Å². The smallest absolute Gasteiger partial charge is 0.316 e. The second kappa shape index (κ2) is 9.38. The Hall–Kier alpha value is -3.13. The number of methoxy groups -OCH3 is 1. The van der Waals surface area contributed by atoms with Gasteiger partial charge in [-0.25, -0.2) is 0 Å². The molecule has 2 aromatic carbocycles. The predicted molar refractivity (Wildman–Crippen MR) is 113 cm³/mol. The van der Waals surface area contributed by atoms with Gasteiger partial charge in [0, 0.05) is 23.4 Å². The number of ether oxygens (including phenoxy) is 1. The molecule has 0 spiro atoms.